The van der Waals surface area contributed by atoms with E-state index in [1.807, 2.05) is 0 Å². The molecule has 2 aliphatic carbocycles. The molecule has 98 valence electrons. The van der Waals surface area contributed by atoms with E-state index >= 15 is 0 Å². The van der Waals surface area contributed by atoms with Crippen molar-refractivity contribution in [2.75, 3.05) is 0 Å². The van der Waals surface area contributed by atoms with Crippen LogP contribution in [0, 0.1) is 23.7 Å². The normalized spacial score (nSPS) is 49.8. The molecule has 1 aliphatic heterocycles. The molecular weight excluding hydrogens is 212 g/mol. The number of ether oxygens (including phenoxy) is 2. The monoisotopic (exact) mass is 238 g/mol. The predicted octanol–water partition coefficient (Wildman–Crippen LogP) is 3.60. The Morgan fingerprint density at radius 2 is 1.35 bits per heavy atom. The van der Waals surface area contributed by atoms with Crippen LogP contribution in [-0.2, 0) is 9.47 Å². The first-order valence-corrected chi connectivity index (χ1v) is 7.35. The lowest BCUT2D eigenvalue weighted by Crippen LogP contribution is -2.30. The maximum absolute atomic E-state index is 6.12. The van der Waals surface area contributed by atoms with Crippen LogP contribution in [0.25, 0.3) is 0 Å². The standard InChI is InChI=1S/C15H26O2/c1-9-12(11-7-5-6-8-11)10(2)14-13(9)16-15(3,4)17-14/h9-14H,5-8H2,1-4H3/t9-,10-,13-,14-/m1/s1. The molecule has 3 rings (SSSR count). The van der Waals surface area contributed by atoms with Crippen LogP contribution in [0.5, 0.6) is 0 Å². The topological polar surface area (TPSA) is 18.5 Å². The highest BCUT2D eigenvalue weighted by Gasteiger charge is 2.56. The Bertz CT molecular complexity index is 273. The molecule has 0 aromatic rings. The van der Waals surface area contributed by atoms with Gasteiger partial charge in [-0.2, -0.15) is 0 Å². The van der Waals surface area contributed by atoms with Gasteiger partial charge in [-0.3, -0.25) is 0 Å². The lowest BCUT2D eigenvalue weighted by atomic mass is 9.79. The molecule has 17 heavy (non-hydrogen) atoms. The zero-order chi connectivity index (χ0) is 12.2. The molecule has 0 N–H and O–H groups in total. The van der Waals surface area contributed by atoms with Gasteiger partial charge in [-0.05, 0) is 37.5 Å². The van der Waals surface area contributed by atoms with Crippen LogP contribution in [0.3, 0.4) is 0 Å². The maximum atomic E-state index is 6.12. The van der Waals surface area contributed by atoms with Crippen LogP contribution in [-0.4, -0.2) is 18.0 Å². The average Bonchev–Trinajstić information content (AvgIpc) is 2.88. The Morgan fingerprint density at radius 3 is 1.82 bits per heavy atom. The second-order valence-electron chi connectivity index (χ2n) is 6.90. The Labute approximate surface area is 105 Å². The highest BCUT2D eigenvalue weighted by Crippen LogP contribution is 2.53. The molecule has 0 unspecified atom stereocenters. The van der Waals surface area contributed by atoms with Gasteiger partial charge in [0, 0.05) is 0 Å². The zero-order valence-corrected chi connectivity index (χ0v) is 11.6. The molecule has 3 aliphatic rings. The van der Waals surface area contributed by atoms with E-state index in [0.29, 0.717) is 24.0 Å². The van der Waals surface area contributed by atoms with E-state index < -0.39 is 0 Å². The first-order chi connectivity index (χ1) is 7.99. The molecule has 0 bridgehead atoms. The van der Waals surface area contributed by atoms with Crippen molar-refractivity contribution in [3.05, 3.63) is 0 Å². The van der Waals surface area contributed by atoms with Crippen LogP contribution in [0.15, 0.2) is 0 Å². The van der Waals surface area contributed by atoms with E-state index in [9.17, 15) is 0 Å². The van der Waals surface area contributed by atoms with E-state index in [0.717, 1.165) is 11.8 Å². The van der Waals surface area contributed by atoms with Crippen molar-refractivity contribution in [2.45, 2.75) is 71.4 Å². The third-order valence-electron chi connectivity index (χ3n) is 5.36. The zero-order valence-electron chi connectivity index (χ0n) is 11.6. The average molecular weight is 238 g/mol. The summed E-state index contributed by atoms with van der Waals surface area (Å²) in [6, 6.07) is 0. The van der Waals surface area contributed by atoms with E-state index in [1.165, 1.54) is 25.7 Å². The van der Waals surface area contributed by atoms with Gasteiger partial charge in [-0.25, -0.2) is 0 Å². The van der Waals surface area contributed by atoms with Gasteiger partial charge in [-0.15, -0.1) is 0 Å². The number of fused-ring (bicyclic) bond motifs is 1. The van der Waals surface area contributed by atoms with E-state index in [-0.39, 0.29) is 5.79 Å². The van der Waals surface area contributed by atoms with Gasteiger partial charge in [0.15, 0.2) is 5.79 Å². The van der Waals surface area contributed by atoms with Crippen LogP contribution >= 0.6 is 0 Å². The van der Waals surface area contributed by atoms with Crippen LogP contribution < -0.4 is 0 Å². The Morgan fingerprint density at radius 1 is 0.882 bits per heavy atom. The SMILES string of the molecule is C[C@@H]1C(C2CCCC2)[C@@H](C)[C@H]2OC(C)(C)O[C@@H]21. The van der Waals surface area contributed by atoms with Gasteiger partial charge in [0.2, 0.25) is 0 Å². The predicted molar refractivity (Wildman–Crippen MR) is 67.6 cm³/mol. The summed E-state index contributed by atoms with van der Waals surface area (Å²) < 4.78 is 12.2. The minimum Gasteiger partial charge on any atom is -0.344 e. The maximum Gasteiger partial charge on any atom is 0.163 e. The van der Waals surface area contributed by atoms with Crippen LogP contribution in [0.2, 0.25) is 0 Å². The first-order valence-electron chi connectivity index (χ1n) is 7.35. The van der Waals surface area contributed by atoms with Crippen molar-refractivity contribution in [3.8, 4) is 0 Å². The number of rotatable bonds is 1. The van der Waals surface area contributed by atoms with Crippen molar-refractivity contribution in [3.63, 3.8) is 0 Å². The Balaban J connectivity index is 1.78. The van der Waals surface area contributed by atoms with Crippen molar-refractivity contribution in [1.82, 2.24) is 0 Å². The number of hydrogen-bond acceptors (Lipinski definition) is 2. The molecule has 1 saturated heterocycles. The quantitative estimate of drug-likeness (QED) is 0.695. The van der Waals surface area contributed by atoms with Gasteiger partial charge in [-0.1, -0.05) is 39.5 Å². The molecule has 2 heteroatoms. The minimum atomic E-state index is -0.363. The van der Waals surface area contributed by atoms with Crippen molar-refractivity contribution in [1.29, 1.82) is 0 Å². The molecule has 2 saturated carbocycles. The van der Waals surface area contributed by atoms with Crippen LogP contribution in [0.4, 0.5) is 0 Å². The summed E-state index contributed by atoms with van der Waals surface area (Å²) in [7, 11) is 0. The fourth-order valence-corrected chi connectivity index (χ4v) is 4.75. The van der Waals surface area contributed by atoms with Crippen molar-refractivity contribution in [2.24, 2.45) is 23.7 Å². The van der Waals surface area contributed by atoms with Gasteiger partial charge >= 0.3 is 0 Å². The van der Waals surface area contributed by atoms with Crippen molar-refractivity contribution >= 4 is 0 Å². The molecule has 4 atom stereocenters. The highest BCUT2D eigenvalue weighted by molar-refractivity contribution is 5.02. The second kappa shape index (κ2) is 3.96. The van der Waals surface area contributed by atoms with Gasteiger partial charge in [0.25, 0.3) is 0 Å². The molecule has 0 aromatic carbocycles. The fraction of sp³-hybridized carbons (Fsp3) is 1.00. The van der Waals surface area contributed by atoms with Gasteiger partial charge in [0.05, 0.1) is 12.2 Å². The Kier molecular flexibility index (Phi) is 2.79. The summed E-state index contributed by atoms with van der Waals surface area (Å²) >= 11 is 0. The summed E-state index contributed by atoms with van der Waals surface area (Å²) in [4.78, 5) is 0. The van der Waals surface area contributed by atoms with Crippen molar-refractivity contribution < 1.29 is 9.47 Å². The highest BCUT2D eigenvalue weighted by atomic mass is 16.8. The van der Waals surface area contributed by atoms with Gasteiger partial charge < -0.3 is 9.47 Å². The third-order valence-corrected chi connectivity index (χ3v) is 5.36. The lowest BCUT2D eigenvalue weighted by molar-refractivity contribution is -0.167. The second-order valence-corrected chi connectivity index (χ2v) is 6.90. The van der Waals surface area contributed by atoms with Gasteiger partial charge in [0.1, 0.15) is 0 Å². The minimum absolute atomic E-state index is 0.339. The summed E-state index contributed by atoms with van der Waals surface area (Å²) in [6.07, 6.45) is 6.41. The smallest absolute Gasteiger partial charge is 0.163 e. The Hall–Kier alpha value is -0.0800. The molecule has 0 spiro atoms. The van der Waals surface area contributed by atoms with E-state index in [1.54, 1.807) is 0 Å². The molecule has 1 heterocycles. The molecular formula is C15H26O2. The molecule has 0 aromatic heterocycles. The van der Waals surface area contributed by atoms with E-state index in [4.69, 9.17) is 9.47 Å². The third kappa shape index (κ3) is 1.84. The van der Waals surface area contributed by atoms with Crippen LogP contribution in [0.1, 0.15) is 53.4 Å². The molecule has 2 nitrogen and oxygen atoms in total. The summed E-state index contributed by atoms with van der Waals surface area (Å²) in [6.45, 7) is 8.87. The summed E-state index contributed by atoms with van der Waals surface area (Å²) in [5.41, 5.74) is 0. The fourth-order valence-electron chi connectivity index (χ4n) is 4.75. The van der Waals surface area contributed by atoms with E-state index in [2.05, 4.69) is 27.7 Å². The molecule has 3 fully saturated rings. The lowest BCUT2D eigenvalue weighted by Gasteiger charge is -2.31. The number of hydrogen-bond donors (Lipinski definition) is 0. The first kappa shape index (κ1) is 12.0. The molecule has 0 amide bonds. The summed E-state index contributed by atoms with van der Waals surface area (Å²) in [5, 5.41) is 0. The molecule has 0 radical (unpaired) electrons. The largest absolute Gasteiger partial charge is 0.344 e. The summed E-state index contributed by atoms with van der Waals surface area (Å²) in [5.74, 6) is 2.72.